The van der Waals surface area contributed by atoms with E-state index in [0.717, 1.165) is 11.1 Å². The van der Waals surface area contributed by atoms with Gasteiger partial charge in [0.15, 0.2) is 15.1 Å². The molecule has 0 aliphatic heterocycles. The zero-order valence-electron chi connectivity index (χ0n) is 10.1. The maximum absolute atomic E-state index is 12.1. The van der Waals surface area contributed by atoms with Gasteiger partial charge in [-0.2, -0.15) is 0 Å². The van der Waals surface area contributed by atoms with E-state index in [-0.39, 0.29) is 11.3 Å². The number of sulfone groups is 1. The number of rotatable bonds is 4. The van der Waals surface area contributed by atoms with Gasteiger partial charge in [-0.05, 0) is 43.5 Å². The van der Waals surface area contributed by atoms with Gasteiger partial charge < -0.3 is 5.11 Å². The predicted molar refractivity (Wildman–Crippen MR) is 64.8 cm³/mol. The number of aryl methyl sites for hydroxylation is 2. The Morgan fingerprint density at radius 3 is 2.29 bits per heavy atom. The van der Waals surface area contributed by atoms with Crippen LogP contribution in [0.4, 0.5) is 0 Å². The van der Waals surface area contributed by atoms with Crippen LogP contribution >= 0.6 is 0 Å². The lowest BCUT2D eigenvalue weighted by Gasteiger charge is -2.12. The van der Waals surface area contributed by atoms with Crippen LogP contribution in [0.2, 0.25) is 0 Å². The average molecular weight is 256 g/mol. The maximum Gasteiger partial charge on any atom is 0.322 e. The molecule has 0 amide bonds. The first-order valence-electron chi connectivity index (χ1n) is 5.34. The maximum atomic E-state index is 12.1. The molecule has 0 radical (unpaired) electrons. The van der Waals surface area contributed by atoms with E-state index in [0.29, 0.717) is 0 Å². The highest BCUT2D eigenvalue weighted by molar-refractivity contribution is 7.92. The quantitative estimate of drug-likeness (QED) is 0.893. The Labute approximate surface area is 101 Å². The van der Waals surface area contributed by atoms with Gasteiger partial charge in [0.05, 0.1) is 4.90 Å². The molecule has 1 aromatic carbocycles. The van der Waals surface area contributed by atoms with Crippen molar-refractivity contribution in [2.45, 2.75) is 37.3 Å². The number of carboxylic acid groups (broad SMARTS) is 1. The van der Waals surface area contributed by atoms with Gasteiger partial charge in [0.1, 0.15) is 0 Å². The molecule has 0 saturated carbocycles. The van der Waals surface area contributed by atoms with E-state index in [1.165, 1.54) is 12.1 Å². The van der Waals surface area contributed by atoms with Crippen molar-refractivity contribution in [2.24, 2.45) is 0 Å². The van der Waals surface area contributed by atoms with Crippen molar-refractivity contribution in [2.75, 3.05) is 0 Å². The fourth-order valence-electron chi connectivity index (χ4n) is 1.58. The van der Waals surface area contributed by atoms with Crippen LogP contribution < -0.4 is 0 Å². The molecule has 0 fully saturated rings. The van der Waals surface area contributed by atoms with Crippen molar-refractivity contribution in [3.8, 4) is 0 Å². The van der Waals surface area contributed by atoms with Crippen molar-refractivity contribution < 1.29 is 18.3 Å². The highest BCUT2D eigenvalue weighted by Gasteiger charge is 2.32. The molecule has 0 aliphatic carbocycles. The van der Waals surface area contributed by atoms with E-state index in [9.17, 15) is 13.2 Å². The highest BCUT2D eigenvalue weighted by atomic mass is 32.2. The number of carboxylic acids is 1. The number of hydrogen-bond donors (Lipinski definition) is 1. The molecular weight excluding hydrogens is 240 g/mol. The third-order valence-corrected chi connectivity index (χ3v) is 5.02. The van der Waals surface area contributed by atoms with Crippen molar-refractivity contribution in [1.29, 1.82) is 0 Å². The summed E-state index contributed by atoms with van der Waals surface area (Å²) in [5.41, 5.74) is 1.82. The standard InChI is InChI=1S/C12H16O4S/c1-4-11(12(13)14)17(15,16)10-6-5-8(2)9(3)7-10/h5-7,11H,4H2,1-3H3,(H,13,14). The highest BCUT2D eigenvalue weighted by Crippen LogP contribution is 2.21. The molecule has 0 saturated heterocycles. The van der Waals surface area contributed by atoms with Crippen LogP contribution in [0.1, 0.15) is 24.5 Å². The van der Waals surface area contributed by atoms with Crippen LogP contribution in [-0.2, 0) is 14.6 Å². The van der Waals surface area contributed by atoms with Crippen LogP contribution in [0.25, 0.3) is 0 Å². The normalized spacial score (nSPS) is 13.4. The molecule has 0 spiro atoms. The lowest BCUT2D eigenvalue weighted by Crippen LogP contribution is -2.29. The minimum absolute atomic E-state index is 0.0601. The first-order valence-corrected chi connectivity index (χ1v) is 6.89. The SMILES string of the molecule is CCC(C(=O)O)S(=O)(=O)c1ccc(C)c(C)c1. The lowest BCUT2D eigenvalue weighted by atomic mass is 10.1. The second-order valence-corrected chi connectivity index (χ2v) is 6.16. The summed E-state index contributed by atoms with van der Waals surface area (Å²) in [5.74, 6) is -1.30. The molecule has 1 N–H and O–H groups in total. The van der Waals surface area contributed by atoms with Crippen molar-refractivity contribution in [3.63, 3.8) is 0 Å². The minimum atomic E-state index is -3.79. The molecule has 0 aliphatic rings. The monoisotopic (exact) mass is 256 g/mol. The van der Waals surface area contributed by atoms with E-state index in [1.807, 2.05) is 6.92 Å². The van der Waals surface area contributed by atoms with Gasteiger partial charge >= 0.3 is 5.97 Å². The summed E-state index contributed by atoms with van der Waals surface area (Å²) in [6.45, 7) is 5.23. The minimum Gasteiger partial charge on any atom is -0.480 e. The smallest absolute Gasteiger partial charge is 0.322 e. The Balaban J connectivity index is 3.30. The first-order chi connectivity index (χ1) is 7.80. The van der Waals surface area contributed by atoms with E-state index >= 15 is 0 Å². The summed E-state index contributed by atoms with van der Waals surface area (Å²) in [5, 5.41) is 7.54. The Bertz CT molecular complexity index is 531. The van der Waals surface area contributed by atoms with Gasteiger partial charge in [-0.25, -0.2) is 8.42 Å². The lowest BCUT2D eigenvalue weighted by molar-refractivity contribution is -0.136. The average Bonchev–Trinajstić information content (AvgIpc) is 2.21. The van der Waals surface area contributed by atoms with E-state index in [4.69, 9.17) is 5.11 Å². The second-order valence-electron chi connectivity index (χ2n) is 4.03. The number of benzene rings is 1. The zero-order chi connectivity index (χ0) is 13.2. The molecule has 5 heteroatoms. The van der Waals surface area contributed by atoms with Gasteiger partial charge in [0, 0.05) is 0 Å². The second kappa shape index (κ2) is 4.87. The third-order valence-electron chi connectivity index (χ3n) is 2.83. The molecule has 0 bridgehead atoms. The van der Waals surface area contributed by atoms with Crippen LogP contribution in [-0.4, -0.2) is 24.7 Å². The van der Waals surface area contributed by atoms with Crippen molar-refractivity contribution in [3.05, 3.63) is 29.3 Å². The number of aliphatic carboxylic acids is 1. The van der Waals surface area contributed by atoms with Crippen LogP contribution in [0.3, 0.4) is 0 Å². The van der Waals surface area contributed by atoms with Crippen LogP contribution in [0, 0.1) is 13.8 Å². The Hall–Kier alpha value is -1.36. The van der Waals surface area contributed by atoms with Crippen LogP contribution in [0.15, 0.2) is 23.1 Å². The van der Waals surface area contributed by atoms with Gasteiger partial charge in [-0.1, -0.05) is 13.0 Å². The third kappa shape index (κ3) is 2.66. The fourth-order valence-corrected chi connectivity index (χ4v) is 3.21. The van der Waals surface area contributed by atoms with Gasteiger partial charge in [-0.15, -0.1) is 0 Å². The molecule has 17 heavy (non-hydrogen) atoms. The topological polar surface area (TPSA) is 71.4 Å². The summed E-state index contributed by atoms with van der Waals surface area (Å²) >= 11 is 0. The zero-order valence-corrected chi connectivity index (χ0v) is 10.9. The van der Waals surface area contributed by atoms with E-state index in [1.54, 1.807) is 19.9 Å². The van der Waals surface area contributed by atoms with Gasteiger partial charge in [-0.3, -0.25) is 4.79 Å². The molecule has 0 aromatic heterocycles. The van der Waals surface area contributed by atoms with Gasteiger partial charge in [0.25, 0.3) is 0 Å². The first kappa shape index (κ1) is 13.7. The summed E-state index contributed by atoms with van der Waals surface area (Å²) in [4.78, 5) is 11.0. The Morgan fingerprint density at radius 2 is 1.88 bits per heavy atom. The predicted octanol–water partition coefficient (Wildman–Crippen LogP) is 1.94. The molecular formula is C12H16O4S. The summed E-state index contributed by atoms with van der Waals surface area (Å²) in [6.07, 6.45) is 0.0601. The van der Waals surface area contributed by atoms with Crippen LogP contribution in [0.5, 0.6) is 0 Å². The van der Waals surface area contributed by atoms with Crippen molar-refractivity contribution in [1.82, 2.24) is 0 Å². The molecule has 1 rings (SSSR count). The summed E-state index contributed by atoms with van der Waals surface area (Å²) < 4.78 is 24.2. The summed E-state index contributed by atoms with van der Waals surface area (Å²) in [6, 6.07) is 4.68. The summed E-state index contributed by atoms with van der Waals surface area (Å²) in [7, 11) is -3.79. The molecule has 4 nitrogen and oxygen atoms in total. The van der Waals surface area contributed by atoms with E-state index in [2.05, 4.69) is 0 Å². The molecule has 0 heterocycles. The Morgan fingerprint density at radius 1 is 1.29 bits per heavy atom. The van der Waals surface area contributed by atoms with Crippen molar-refractivity contribution >= 4 is 15.8 Å². The molecule has 1 unspecified atom stereocenters. The number of carbonyl (C=O) groups is 1. The fraction of sp³-hybridized carbons (Fsp3) is 0.417. The molecule has 1 atom stereocenters. The molecule has 94 valence electrons. The van der Waals surface area contributed by atoms with E-state index < -0.39 is 21.1 Å². The van der Waals surface area contributed by atoms with Gasteiger partial charge in [0.2, 0.25) is 0 Å². The molecule has 1 aromatic rings. The Kier molecular flexibility index (Phi) is 3.93. The largest absolute Gasteiger partial charge is 0.480 e. The number of hydrogen-bond acceptors (Lipinski definition) is 3.